The van der Waals surface area contributed by atoms with Gasteiger partial charge in [0, 0.05) is 0 Å². The van der Waals surface area contributed by atoms with Crippen molar-refractivity contribution in [3.05, 3.63) is 29.3 Å². The molecule has 0 atom stereocenters. The van der Waals surface area contributed by atoms with Gasteiger partial charge in [-0.25, -0.2) is 8.42 Å². The third-order valence-corrected chi connectivity index (χ3v) is 5.37. The van der Waals surface area contributed by atoms with Gasteiger partial charge in [-0.15, -0.1) is 0 Å². The first-order valence-electron chi connectivity index (χ1n) is 5.68. The minimum atomic E-state index is -3.11. The maximum Gasteiger partial charge on any atom is 0.178 e. The van der Waals surface area contributed by atoms with Crippen LogP contribution in [0.3, 0.4) is 0 Å². The summed E-state index contributed by atoms with van der Waals surface area (Å²) in [6.45, 7) is 0.580. The predicted molar refractivity (Wildman–Crippen MR) is 61.5 cm³/mol. The van der Waals surface area contributed by atoms with E-state index in [-0.39, 0.29) is 5.75 Å². The van der Waals surface area contributed by atoms with E-state index in [4.69, 9.17) is 4.74 Å². The van der Waals surface area contributed by atoms with Gasteiger partial charge in [0.25, 0.3) is 0 Å². The zero-order valence-electron chi connectivity index (χ0n) is 9.35. The Kier molecular flexibility index (Phi) is 2.33. The molecule has 0 bridgehead atoms. The van der Waals surface area contributed by atoms with E-state index in [1.54, 1.807) is 12.1 Å². The lowest BCUT2D eigenvalue weighted by molar-refractivity contribution is -0.184. The van der Waals surface area contributed by atoms with Gasteiger partial charge in [0.05, 0.1) is 23.9 Å². The summed E-state index contributed by atoms with van der Waals surface area (Å²) in [4.78, 5) is 0.427. The van der Waals surface area contributed by atoms with Crippen LogP contribution in [-0.4, -0.2) is 32.5 Å². The van der Waals surface area contributed by atoms with E-state index in [2.05, 4.69) is 0 Å². The highest BCUT2D eigenvalue weighted by atomic mass is 32.2. The lowest BCUT2D eigenvalue weighted by Gasteiger charge is -2.37. The molecule has 2 aliphatic heterocycles. The Labute approximate surface area is 100 Å². The van der Waals surface area contributed by atoms with E-state index in [9.17, 15) is 13.5 Å². The Morgan fingerprint density at radius 1 is 1.29 bits per heavy atom. The largest absolute Gasteiger partial charge is 0.380 e. The van der Waals surface area contributed by atoms with E-state index in [1.165, 1.54) is 0 Å². The van der Waals surface area contributed by atoms with Gasteiger partial charge in [0.15, 0.2) is 9.84 Å². The smallest absolute Gasteiger partial charge is 0.178 e. The molecule has 1 aromatic carbocycles. The van der Waals surface area contributed by atoms with Crippen molar-refractivity contribution in [1.82, 2.24) is 0 Å². The number of hydrogen-bond donors (Lipinski definition) is 1. The van der Waals surface area contributed by atoms with Gasteiger partial charge in [0.1, 0.15) is 5.60 Å². The minimum absolute atomic E-state index is 0.229. The third kappa shape index (κ3) is 1.69. The van der Waals surface area contributed by atoms with Gasteiger partial charge in [-0.3, -0.25) is 0 Å². The molecule has 0 spiro atoms. The van der Waals surface area contributed by atoms with Crippen molar-refractivity contribution < 1.29 is 18.3 Å². The maximum atomic E-state index is 11.8. The standard InChI is InChI=1S/C12H14O4S/c13-12(7-16-8-12)10-3-4-11-9(6-10)2-1-5-17(11,14)15/h3-4,6,13H,1-2,5,7-8H2. The van der Waals surface area contributed by atoms with Gasteiger partial charge in [0.2, 0.25) is 0 Å². The molecule has 1 saturated heterocycles. The van der Waals surface area contributed by atoms with Gasteiger partial charge in [-0.05, 0) is 30.0 Å². The molecule has 2 heterocycles. The van der Waals surface area contributed by atoms with Gasteiger partial charge < -0.3 is 9.84 Å². The number of aliphatic hydroxyl groups is 1. The average molecular weight is 254 g/mol. The SMILES string of the molecule is O=S1(=O)CCCc2cc(C3(O)COC3)ccc21. The summed E-state index contributed by atoms with van der Waals surface area (Å²) in [7, 11) is -3.11. The van der Waals surface area contributed by atoms with Crippen LogP contribution in [0.5, 0.6) is 0 Å². The summed E-state index contributed by atoms with van der Waals surface area (Å²) in [5, 5.41) is 10.1. The summed E-state index contributed by atoms with van der Waals surface area (Å²) < 4.78 is 28.7. The van der Waals surface area contributed by atoms with Gasteiger partial charge in [-0.2, -0.15) is 0 Å². The van der Waals surface area contributed by atoms with E-state index in [0.717, 1.165) is 17.5 Å². The van der Waals surface area contributed by atoms with Crippen LogP contribution in [0.1, 0.15) is 17.5 Å². The normalized spacial score (nSPS) is 24.8. The second kappa shape index (κ2) is 3.54. The molecule has 4 nitrogen and oxygen atoms in total. The Hall–Kier alpha value is -0.910. The first kappa shape index (κ1) is 11.2. The number of ether oxygens (including phenoxy) is 1. The Bertz CT molecular complexity index is 558. The highest BCUT2D eigenvalue weighted by molar-refractivity contribution is 7.91. The fourth-order valence-corrected chi connectivity index (χ4v) is 3.97. The molecule has 0 aliphatic carbocycles. The quantitative estimate of drug-likeness (QED) is 0.798. The highest BCUT2D eigenvalue weighted by Gasteiger charge is 2.38. The minimum Gasteiger partial charge on any atom is -0.380 e. The second-order valence-electron chi connectivity index (χ2n) is 4.77. The molecule has 1 fully saturated rings. The summed E-state index contributed by atoms with van der Waals surface area (Å²) in [6, 6.07) is 5.13. The summed E-state index contributed by atoms with van der Waals surface area (Å²) in [6.07, 6.45) is 1.42. The number of sulfone groups is 1. The number of hydrogen-bond acceptors (Lipinski definition) is 4. The van der Waals surface area contributed by atoms with Crippen LogP contribution < -0.4 is 0 Å². The average Bonchev–Trinajstić information content (AvgIpc) is 2.25. The zero-order chi connectivity index (χ0) is 12.1. The topological polar surface area (TPSA) is 63.6 Å². The molecule has 1 aromatic rings. The van der Waals surface area contributed by atoms with Crippen LogP contribution in [0.15, 0.2) is 23.1 Å². The molecule has 92 valence electrons. The van der Waals surface area contributed by atoms with Gasteiger partial charge >= 0.3 is 0 Å². The first-order valence-corrected chi connectivity index (χ1v) is 7.33. The molecular weight excluding hydrogens is 240 g/mol. The van der Waals surface area contributed by atoms with Gasteiger partial charge in [-0.1, -0.05) is 12.1 Å². The zero-order valence-corrected chi connectivity index (χ0v) is 10.2. The first-order chi connectivity index (χ1) is 8.01. The van der Waals surface area contributed by atoms with E-state index < -0.39 is 15.4 Å². The van der Waals surface area contributed by atoms with Crippen LogP contribution in [0.25, 0.3) is 0 Å². The maximum absolute atomic E-state index is 11.8. The molecule has 1 N–H and O–H groups in total. The lowest BCUT2D eigenvalue weighted by Crippen LogP contribution is -2.46. The molecule has 0 amide bonds. The Morgan fingerprint density at radius 2 is 2.06 bits per heavy atom. The fourth-order valence-electron chi connectivity index (χ4n) is 2.39. The molecule has 0 saturated carbocycles. The van der Waals surface area contributed by atoms with Crippen molar-refractivity contribution in [3.8, 4) is 0 Å². The molecule has 0 aromatic heterocycles. The van der Waals surface area contributed by atoms with E-state index in [1.807, 2.05) is 6.07 Å². The molecule has 17 heavy (non-hydrogen) atoms. The molecular formula is C12H14O4S. The highest BCUT2D eigenvalue weighted by Crippen LogP contribution is 2.33. The lowest BCUT2D eigenvalue weighted by atomic mass is 9.90. The van der Waals surface area contributed by atoms with E-state index >= 15 is 0 Å². The monoisotopic (exact) mass is 254 g/mol. The van der Waals surface area contributed by atoms with Crippen LogP contribution >= 0.6 is 0 Å². The Balaban J connectivity index is 2.08. The van der Waals surface area contributed by atoms with Crippen molar-refractivity contribution >= 4 is 9.84 Å². The van der Waals surface area contributed by atoms with Crippen LogP contribution in [0, 0.1) is 0 Å². The molecule has 3 rings (SSSR count). The number of fused-ring (bicyclic) bond motifs is 1. The molecule has 0 unspecified atom stereocenters. The molecule has 2 aliphatic rings. The number of rotatable bonds is 1. The summed E-state index contributed by atoms with van der Waals surface area (Å²) in [5.74, 6) is 0.229. The number of aryl methyl sites for hydroxylation is 1. The van der Waals surface area contributed by atoms with Crippen molar-refractivity contribution in [2.24, 2.45) is 0 Å². The van der Waals surface area contributed by atoms with Crippen molar-refractivity contribution in [2.75, 3.05) is 19.0 Å². The fraction of sp³-hybridized carbons (Fsp3) is 0.500. The van der Waals surface area contributed by atoms with Crippen LogP contribution in [-0.2, 0) is 26.6 Å². The number of benzene rings is 1. The predicted octanol–water partition coefficient (Wildman–Crippen LogP) is 0.624. The van der Waals surface area contributed by atoms with E-state index in [0.29, 0.717) is 24.5 Å². The second-order valence-corrected chi connectivity index (χ2v) is 6.85. The van der Waals surface area contributed by atoms with Crippen molar-refractivity contribution in [1.29, 1.82) is 0 Å². The summed E-state index contributed by atoms with van der Waals surface area (Å²) >= 11 is 0. The van der Waals surface area contributed by atoms with Crippen molar-refractivity contribution in [3.63, 3.8) is 0 Å². The van der Waals surface area contributed by atoms with Crippen LogP contribution in [0.4, 0.5) is 0 Å². The molecule has 5 heteroatoms. The summed E-state index contributed by atoms with van der Waals surface area (Å²) in [5.41, 5.74) is 0.671. The Morgan fingerprint density at radius 3 is 2.71 bits per heavy atom. The third-order valence-electron chi connectivity index (χ3n) is 3.47. The van der Waals surface area contributed by atoms with Crippen LogP contribution in [0.2, 0.25) is 0 Å². The van der Waals surface area contributed by atoms with Crippen molar-refractivity contribution in [2.45, 2.75) is 23.3 Å². The molecule has 0 radical (unpaired) electrons.